The highest BCUT2D eigenvalue weighted by Gasteiger charge is 2.32. The van der Waals surface area contributed by atoms with Gasteiger partial charge in [-0.1, -0.05) is 36.9 Å². The fourth-order valence-corrected chi connectivity index (χ4v) is 1.54. The van der Waals surface area contributed by atoms with Crippen LogP contribution in [0.1, 0.15) is 5.56 Å². The fraction of sp³-hybridized carbons (Fsp3) is 0.0714. The van der Waals surface area contributed by atoms with Crippen molar-refractivity contribution in [2.75, 3.05) is 0 Å². The minimum atomic E-state index is -4.40. The molecule has 0 aliphatic heterocycles. The Labute approximate surface area is 103 Å². The van der Waals surface area contributed by atoms with E-state index in [-0.39, 0.29) is 5.56 Å². The molecule has 0 spiro atoms. The number of hydrogen-bond acceptors (Lipinski definition) is 1. The monoisotopic (exact) mass is 249 g/mol. The second-order valence-corrected chi connectivity index (χ2v) is 3.77. The van der Waals surface area contributed by atoms with Gasteiger partial charge in [0, 0.05) is 11.8 Å². The van der Waals surface area contributed by atoms with Crippen molar-refractivity contribution in [3.63, 3.8) is 0 Å². The first-order valence-corrected chi connectivity index (χ1v) is 5.26. The molecule has 4 heteroatoms. The maximum atomic E-state index is 12.4. The fourth-order valence-electron chi connectivity index (χ4n) is 1.54. The van der Waals surface area contributed by atoms with Crippen LogP contribution in [0, 0.1) is 0 Å². The predicted octanol–water partition coefficient (Wildman–Crippen LogP) is 4.32. The van der Waals surface area contributed by atoms with Gasteiger partial charge in [-0.05, 0) is 17.7 Å². The molecule has 1 aromatic carbocycles. The molecule has 0 saturated carbocycles. The van der Waals surface area contributed by atoms with Crippen LogP contribution in [0.5, 0.6) is 0 Å². The molecular formula is C14H10F3N. The standard InChI is InChI=1S/C14H10F3N/c1-10(14(15,16)17)11-5-7-12(8-6-11)13-4-2-3-9-18-13/h2-9H,1H2. The summed E-state index contributed by atoms with van der Waals surface area (Å²) >= 11 is 0. The normalized spacial score (nSPS) is 11.3. The summed E-state index contributed by atoms with van der Waals surface area (Å²) in [6.07, 6.45) is -2.76. The summed E-state index contributed by atoms with van der Waals surface area (Å²) in [6.45, 7) is 3.06. The highest BCUT2D eigenvalue weighted by molar-refractivity contribution is 5.70. The number of halogens is 3. The molecule has 0 fully saturated rings. The Balaban J connectivity index is 2.29. The maximum absolute atomic E-state index is 12.4. The summed E-state index contributed by atoms with van der Waals surface area (Å²) in [4.78, 5) is 4.13. The molecule has 0 bridgehead atoms. The summed E-state index contributed by atoms with van der Waals surface area (Å²) in [5.41, 5.74) is 0.730. The van der Waals surface area contributed by atoms with Crippen LogP contribution in [-0.4, -0.2) is 11.2 Å². The SMILES string of the molecule is C=C(c1ccc(-c2ccccn2)cc1)C(F)(F)F. The van der Waals surface area contributed by atoms with Crippen LogP contribution in [0.2, 0.25) is 0 Å². The summed E-state index contributed by atoms with van der Waals surface area (Å²) in [5.74, 6) is 0. The molecule has 0 atom stereocenters. The summed E-state index contributed by atoms with van der Waals surface area (Å²) in [6, 6.07) is 11.4. The van der Waals surface area contributed by atoms with Crippen molar-refractivity contribution in [2.45, 2.75) is 6.18 Å². The third-order valence-corrected chi connectivity index (χ3v) is 2.54. The number of nitrogens with zero attached hydrogens (tertiary/aromatic N) is 1. The van der Waals surface area contributed by atoms with Crippen molar-refractivity contribution >= 4 is 5.57 Å². The Morgan fingerprint density at radius 3 is 2.17 bits per heavy atom. The number of benzene rings is 1. The molecular weight excluding hydrogens is 239 g/mol. The summed E-state index contributed by atoms with van der Waals surface area (Å²) in [5, 5.41) is 0. The van der Waals surface area contributed by atoms with Gasteiger partial charge in [-0.3, -0.25) is 4.98 Å². The van der Waals surface area contributed by atoms with Crippen molar-refractivity contribution in [1.29, 1.82) is 0 Å². The second kappa shape index (κ2) is 4.64. The van der Waals surface area contributed by atoms with Crippen molar-refractivity contribution < 1.29 is 13.2 Å². The Kier molecular flexibility index (Phi) is 3.19. The number of rotatable bonds is 2. The number of pyridine rings is 1. The van der Waals surface area contributed by atoms with E-state index < -0.39 is 11.7 Å². The predicted molar refractivity (Wildman–Crippen MR) is 64.8 cm³/mol. The first-order valence-electron chi connectivity index (χ1n) is 5.26. The summed E-state index contributed by atoms with van der Waals surface area (Å²) in [7, 11) is 0. The van der Waals surface area contributed by atoms with Gasteiger partial charge < -0.3 is 0 Å². The zero-order valence-corrected chi connectivity index (χ0v) is 9.41. The molecule has 0 aliphatic carbocycles. The molecule has 1 nitrogen and oxygen atoms in total. The first-order chi connectivity index (χ1) is 8.48. The highest BCUT2D eigenvalue weighted by Crippen LogP contribution is 2.32. The lowest BCUT2D eigenvalue weighted by Gasteiger charge is -2.10. The van der Waals surface area contributed by atoms with E-state index in [1.807, 2.05) is 6.07 Å². The average Bonchev–Trinajstić information content (AvgIpc) is 2.38. The summed E-state index contributed by atoms with van der Waals surface area (Å²) < 4.78 is 37.3. The zero-order chi connectivity index (χ0) is 13.2. The van der Waals surface area contributed by atoms with E-state index in [0.29, 0.717) is 0 Å². The van der Waals surface area contributed by atoms with Crippen LogP contribution in [0.15, 0.2) is 55.2 Å². The second-order valence-electron chi connectivity index (χ2n) is 3.77. The Hall–Kier alpha value is -2.10. The lowest BCUT2D eigenvalue weighted by atomic mass is 10.0. The van der Waals surface area contributed by atoms with Gasteiger partial charge in [0.2, 0.25) is 0 Å². The van der Waals surface area contributed by atoms with E-state index in [1.165, 1.54) is 12.1 Å². The zero-order valence-electron chi connectivity index (χ0n) is 9.41. The van der Waals surface area contributed by atoms with E-state index >= 15 is 0 Å². The number of hydrogen-bond donors (Lipinski definition) is 0. The van der Waals surface area contributed by atoms with Crippen LogP contribution in [0.25, 0.3) is 16.8 Å². The molecule has 0 aliphatic rings. The van der Waals surface area contributed by atoms with Crippen molar-refractivity contribution in [2.24, 2.45) is 0 Å². The molecule has 18 heavy (non-hydrogen) atoms. The van der Waals surface area contributed by atoms with E-state index in [1.54, 1.807) is 30.5 Å². The first kappa shape index (κ1) is 12.4. The molecule has 0 radical (unpaired) electrons. The quantitative estimate of drug-likeness (QED) is 0.772. The van der Waals surface area contributed by atoms with Gasteiger partial charge in [-0.2, -0.15) is 13.2 Å². The molecule has 1 heterocycles. The molecule has 92 valence electrons. The lowest BCUT2D eigenvalue weighted by molar-refractivity contribution is -0.0686. The minimum Gasteiger partial charge on any atom is -0.256 e. The number of alkyl halides is 3. The average molecular weight is 249 g/mol. The Morgan fingerprint density at radius 2 is 1.67 bits per heavy atom. The van der Waals surface area contributed by atoms with Crippen molar-refractivity contribution in [3.8, 4) is 11.3 Å². The van der Waals surface area contributed by atoms with Gasteiger partial charge in [0.15, 0.2) is 0 Å². The molecule has 0 saturated heterocycles. The largest absolute Gasteiger partial charge is 0.416 e. The van der Waals surface area contributed by atoms with Gasteiger partial charge in [0.1, 0.15) is 0 Å². The van der Waals surface area contributed by atoms with Crippen LogP contribution >= 0.6 is 0 Å². The maximum Gasteiger partial charge on any atom is 0.416 e. The molecule has 0 unspecified atom stereocenters. The van der Waals surface area contributed by atoms with Gasteiger partial charge in [-0.25, -0.2) is 0 Å². The minimum absolute atomic E-state index is 0.0715. The van der Waals surface area contributed by atoms with Crippen LogP contribution in [0.4, 0.5) is 13.2 Å². The third kappa shape index (κ3) is 2.59. The van der Waals surface area contributed by atoms with Gasteiger partial charge in [-0.15, -0.1) is 0 Å². The van der Waals surface area contributed by atoms with Gasteiger partial charge >= 0.3 is 6.18 Å². The van der Waals surface area contributed by atoms with Crippen molar-refractivity contribution in [3.05, 3.63) is 60.8 Å². The third-order valence-electron chi connectivity index (χ3n) is 2.54. The van der Waals surface area contributed by atoms with E-state index in [0.717, 1.165) is 11.3 Å². The van der Waals surface area contributed by atoms with Gasteiger partial charge in [0.05, 0.1) is 11.3 Å². The van der Waals surface area contributed by atoms with E-state index in [2.05, 4.69) is 11.6 Å². The van der Waals surface area contributed by atoms with Crippen LogP contribution in [-0.2, 0) is 0 Å². The Bertz CT molecular complexity index is 542. The van der Waals surface area contributed by atoms with Crippen LogP contribution < -0.4 is 0 Å². The highest BCUT2D eigenvalue weighted by atomic mass is 19.4. The molecule has 2 aromatic rings. The topological polar surface area (TPSA) is 12.9 Å². The van der Waals surface area contributed by atoms with Gasteiger partial charge in [0.25, 0.3) is 0 Å². The molecule has 2 rings (SSSR count). The molecule has 0 amide bonds. The van der Waals surface area contributed by atoms with E-state index in [9.17, 15) is 13.2 Å². The number of aromatic nitrogens is 1. The smallest absolute Gasteiger partial charge is 0.256 e. The van der Waals surface area contributed by atoms with Crippen LogP contribution in [0.3, 0.4) is 0 Å². The lowest BCUT2D eigenvalue weighted by Crippen LogP contribution is -2.09. The van der Waals surface area contributed by atoms with E-state index in [4.69, 9.17) is 0 Å². The molecule has 0 N–H and O–H groups in total. The van der Waals surface area contributed by atoms with Crippen molar-refractivity contribution in [1.82, 2.24) is 4.98 Å². The molecule has 1 aromatic heterocycles. The number of allylic oxidation sites excluding steroid dienone is 1. The Morgan fingerprint density at radius 1 is 1.00 bits per heavy atom.